The third-order valence-corrected chi connectivity index (χ3v) is 5.62. The molecule has 146 valence electrons. The van der Waals surface area contributed by atoms with Crippen LogP contribution in [-0.2, 0) is 11.3 Å². The Morgan fingerprint density at radius 1 is 1.14 bits per heavy atom. The van der Waals surface area contributed by atoms with E-state index >= 15 is 0 Å². The summed E-state index contributed by atoms with van der Waals surface area (Å²) in [6.45, 7) is 7.02. The molecule has 2 aromatic carbocycles. The van der Waals surface area contributed by atoms with Crippen LogP contribution in [0.5, 0.6) is 0 Å². The quantitative estimate of drug-likeness (QED) is 0.583. The number of aromatic nitrogens is 1. The monoisotopic (exact) mass is 413 g/mol. The van der Waals surface area contributed by atoms with Crippen molar-refractivity contribution >= 4 is 34.5 Å². The van der Waals surface area contributed by atoms with Crippen molar-refractivity contribution in [2.45, 2.75) is 27.3 Å². The molecule has 0 radical (unpaired) electrons. The third-order valence-electron chi connectivity index (χ3n) is 4.43. The fraction of sp³-hybridized carbons (Fsp3) is 0.273. The Balaban J connectivity index is 1.59. The maximum Gasteiger partial charge on any atom is 0.238 e. The van der Waals surface area contributed by atoms with E-state index in [2.05, 4.69) is 29.4 Å². The lowest BCUT2D eigenvalue weighted by atomic mass is 10.1. The van der Waals surface area contributed by atoms with Gasteiger partial charge in [0.25, 0.3) is 0 Å². The Hall–Kier alpha value is -2.21. The zero-order valence-electron chi connectivity index (χ0n) is 16.5. The summed E-state index contributed by atoms with van der Waals surface area (Å²) in [5, 5.41) is 6.75. The lowest BCUT2D eigenvalue weighted by Crippen LogP contribution is -2.30. The minimum Gasteiger partial charge on any atom is -0.324 e. The number of anilines is 1. The van der Waals surface area contributed by atoms with Gasteiger partial charge in [0.2, 0.25) is 5.91 Å². The van der Waals surface area contributed by atoms with Crippen LogP contribution in [0.2, 0.25) is 5.02 Å². The van der Waals surface area contributed by atoms with Gasteiger partial charge in [-0.2, -0.15) is 0 Å². The van der Waals surface area contributed by atoms with E-state index in [9.17, 15) is 4.79 Å². The zero-order chi connectivity index (χ0) is 20.3. The van der Waals surface area contributed by atoms with E-state index in [0.29, 0.717) is 18.1 Å². The standard InChI is InChI=1S/C22H24ClN3OS/c1-14-9-15(2)21(16(3)10-14)25-20(27)12-26(4)11-19-13-28-22(24-19)17-5-7-18(23)8-6-17/h5-10,13H,11-12H2,1-4H3,(H,25,27). The number of likely N-dealkylation sites (N-methyl/N-ethyl adjacent to an activating group) is 1. The number of carbonyl (C=O) groups excluding carboxylic acids is 1. The van der Waals surface area contributed by atoms with E-state index in [1.54, 1.807) is 11.3 Å². The summed E-state index contributed by atoms with van der Waals surface area (Å²) in [5.74, 6) is -0.0225. The first-order chi connectivity index (χ1) is 13.3. The molecule has 0 bridgehead atoms. The summed E-state index contributed by atoms with van der Waals surface area (Å²) in [6, 6.07) is 11.8. The Bertz CT molecular complexity index is 959. The van der Waals surface area contributed by atoms with Gasteiger partial charge in [-0.3, -0.25) is 9.69 Å². The average Bonchev–Trinajstić information content (AvgIpc) is 3.07. The van der Waals surface area contributed by atoms with E-state index in [0.717, 1.165) is 33.1 Å². The van der Waals surface area contributed by atoms with Gasteiger partial charge in [-0.1, -0.05) is 41.4 Å². The topological polar surface area (TPSA) is 45.2 Å². The van der Waals surface area contributed by atoms with Gasteiger partial charge in [-0.15, -0.1) is 11.3 Å². The highest BCUT2D eigenvalue weighted by molar-refractivity contribution is 7.13. The maximum absolute atomic E-state index is 12.5. The van der Waals surface area contributed by atoms with Gasteiger partial charge < -0.3 is 5.32 Å². The van der Waals surface area contributed by atoms with Crippen molar-refractivity contribution in [2.75, 3.05) is 18.9 Å². The number of benzene rings is 2. The van der Waals surface area contributed by atoms with Crippen LogP contribution in [0.3, 0.4) is 0 Å². The summed E-state index contributed by atoms with van der Waals surface area (Å²) in [5.41, 5.74) is 6.27. The average molecular weight is 414 g/mol. The molecule has 3 aromatic rings. The molecule has 4 nitrogen and oxygen atoms in total. The molecular weight excluding hydrogens is 390 g/mol. The lowest BCUT2D eigenvalue weighted by molar-refractivity contribution is -0.117. The molecule has 3 rings (SSSR count). The summed E-state index contributed by atoms with van der Waals surface area (Å²) in [4.78, 5) is 19.1. The Morgan fingerprint density at radius 2 is 1.79 bits per heavy atom. The van der Waals surface area contributed by atoms with Crippen LogP contribution in [0.15, 0.2) is 41.8 Å². The van der Waals surface area contributed by atoms with Crippen LogP contribution in [0.25, 0.3) is 10.6 Å². The van der Waals surface area contributed by atoms with Gasteiger partial charge in [0.15, 0.2) is 0 Å². The van der Waals surface area contributed by atoms with Crippen LogP contribution in [0, 0.1) is 20.8 Å². The largest absolute Gasteiger partial charge is 0.324 e. The molecule has 0 aliphatic rings. The number of carbonyl (C=O) groups is 1. The molecule has 1 amide bonds. The fourth-order valence-electron chi connectivity index (χ4n) is 3.24. The first-order valence-corrected chi connectivity index (χ1v) is 10.3. The van der Waals surface area contributed by atoms with E-state index in [1.807, 2.05) is 55.4 Å². The zero-order valence-corrected chi connectivity index (χ0v) is 18.1. The smallest absolute Gasteiger partial charge is 0.238 e. The van der Waals surface area contributed by atoms with E-state index in [4.69, 9.17) is 11.6 Å². The molecule has 0 saturated carbocycles. The number of aryl methyl sites for hydroxylation is 3. The molecular formula is C22H24ClN3OS. The van der Waals surface area contributed by atoms with Crippen molar-refractivity contribution in [3.05, 3.63) is 69.2 Å². The maximum atomic E-state index is 12.5. The molecule has 0 aliphatic carbocycles. The summed E-state index contributed by atoms with van der Waals surface area (Å²) >= 11 is 7.54. The molecule has 28 heavy (non-hydrogen) atoms. The summed E-state index contributed by atoms with van der Waals surface area (Å²) in [7, 11) is 1.93. The van der Waals surface area contributed by atoms with Gasteiger partial charge in [0.1, 0.15) is 5.01 Å². The molecule has 1 aromatic heterocycles. The van der Waals surface area contributed by atoms with E-state index in [-0.39, 0.29) is 5.91 Å². The number of amides is 1. The molecule has 0 atom stereocenters. The van der Waals surface area contributed by atoms with Crippen molar-refractivity contribution in [3.8, 4) is 10.6 Å². The number of thiazole rings is 1. The Labute approximate surface area is 175 Å². The van der Waals surface area contributed by atoms with Gasteiger partial charge in [-0.05, 0) is 51.1 Å². The summed E-state index contributed by atoms with van der Waals surface area (Å²) in [6.07, 6.45) is 0. The molecule has 0 aliphatic heterocycles. The van der Waals surface area contributed by atoms with Crippen molar-refractivity contribution in [2.24, 2.45) is 0 Å². The Kier molecular flexibility index (Phi) is 6.50. The van der Waals surface area contributed by atoms with Crippen LogP contribution in [-0.4, -0.2) is 29.4 Å². The van der Waals surface area contributed by atoms with Crippen molar-refractivity contribution < 1.29 is 4.79 Å². The number of nitrogens with zero attached hydrogens (tertiary/aromatic N) is 2. The number of hydrogen-bond donors (Lipinski definition) is 1. The van der Waals surface area contributed by atoms with Gasteiger partial charge in [-0.25, -0.2) is 4.98 Å². The van der Waals surface area contributed by atoms with Gasteiger partial charge >= 0.3 is 0 Å². The molecule has 1 N–H and O–H groups in total. The molecule has 0 spiro atoms. The Morgan fingerprint density at radius 3 is 2.43 bits per heavy atom. The SMILES string of the molecule is Cc1cc(C)c(NC(=O)CN(C)Cc2csc(-c3ccc(Cl)cc3)n2)c(C)c1. The first kappa shape index (κ1) is 20.5. The fourth-order valence-corrected chi connectivity index (χ4v) is 4.18. The molecule has 1 heterocycles. The van der Waals surface area contributed by atoms with Crippen molar-refractivity contribution in [1.82, 2.24) is 9.88 Å². The number of nitrogens with one attached hydrogen (secondary N) is 1. The molecule has 0 unspecified atom stereocenters. The summed E-state index contributed by atoms with van der Waals surface area (Å²) < 4.78 is 0. The minimum atomic E-state index is -0.0225. The third kappa shape index (κ3) is 5.19. The van der Waals surface area contributed by atoms with Crippen LogP contribution >= 0.6 is 22.9 Å². The second-order valence-electron chi connectivity index (χ2n) is 7.15. The lowest BCUT2D eigenvalue weighted by Gasteiger charge is -2.17. The second kappa shape index (κ2) is 8.86. The van der Waals surface area contributed by atoms with Crippen molar-refractivity contribution in [1.29, 1.82) is 0 Å². The van der Waals surface area contributed by atoms with E-state index in [1.165, 1.54) is 5.56 Å². The van der Waals surface area contributed by atoms with E-state index < -0.39 is 0 Å². The second-order valence-corrected chi connectivity index (χ2v) is 8.44. The van der Waals surface area contributed by atoms with Gasteiger partial charge in [0.05, 0.1) is 12.2 Å². The highest BCUT2D eigenvalue weighted by atomic mass is 35.5. The number of halogens is 1. The van der Waals surface area contributed by atoms with Crippen LogP contribution in [0.4, 0.5) is 5.69 Å². The normalized spacial score (nSPS) is 11.1. The molecule has 6 heteroatoms. The molecule has 0 fully saturated rings. The first-order valence-electron chi connectivity index (χ1n) is 9.08. The van der Waals surface area contributed by atoms with Crippen molar-refractivity contribution in [3.63, 3.8) is 0 Å². The van der Waals surface area contributed by atoms with Crippen LogP contribution < -0.4 is 5.32 Å². The highest BCUT2D eigenvalue weighted by Crippen LogP contribution is 2.25. The number of rotatable bonds is 6. The van der Waals surface area contributed by atoms with Gasteiger partial charge in [0, 0.05) is 28.2 Å². The number of hydrogen-bond acceptors (Lipinski definition) is 4. The minimum absolute atomic E-state index is 0.0225. The highest BCUT2D eigenvalue weighted by Gasteiger charge is 2.13. The molecule has 0 saturated heterocycles. The predicted octanol–water partition coefficient (Wildman–Crippen LogP) is 5.46. The predicted molar refractivity (Wildman–Crippen MR) is 118 cm³/mol. The van der Waals surface area contributed by atoms with Crippen LogP contribution in [0.1, 0.15) is 22.4 Å².